The smallest absolute Gasteiger partial charge is 0.169 e. The molecule has 0 amide bonds. The summed E-state index contributed by atoms with van der Waals surface area (Å²) in [5, 5.41) is 0. The third-order valence-electron chi connectivity index (χ3n) is 9.65. The van der Waals surface area contributed by atoms with Crippen LogP contribution in [-0.4, -0.2) is 43.0 Å². The first-order chi connectivity index (χ1) is 22.2. The fourth-order valence-corrected chi connectivity index (χ4v) is 6.86. The molecule has 0 aliphatic carbocycles. The lowest BCUT2D eigenvalue weighted by atomic mass is 9.98. The Balaban J connectivity index is 1.50. The minimum atomic E-state index is -0.304. The average molecular weight is 626 g/mol. The molecule has 45 heavy (non-hydrogen) atoms. The minimum Gasteiger partial charge on any atom is -0.343 e. The standard InChI is InChI=1S/C42H75NO2/c1-4-6-8-10-12-14-16-18-20-22-24-26-28-30-32-34-36-42(44-40-38-43(3)39-41(40)45-42)37-35-33-31-29-27-25-23-21-19-17-15-13-11-9-7-5-2/h12-15,18-21,40-41H,4-11,16-17,22-39H2,1-3H3/b14-12-,15-13-,20-18-,21-19-/t40-,41-/m1/s1. The molecule has 0 aromatic heterocycles. The van der Waals surface area contributed by atoms with Crippen LogP contribution in [0.4, 0.5) is 0 Å². The van der Waals surface area contributed by atoms with Gasteiger partial charge >= 0.3 is 0 Å². The van der Waals surface area contributed by atoms with E-state index in [1.165, 1.54) is 141 Å². The first-order valence-electron chi connectivity index (χ1n) is 19.8. The third kappa shape index (κ3) is 20.6. The Morgan fingerprint density at radius 2 is 0.800 bits per heavy atom. The van der Waals surface area contributed by atoms with Gasteiger partial charge in [0, 0.05) is 25.9 Å². The largest absolute Gasteiger partial charge is 0.343 e. The minimum absolute atomic E-state index is 0.282. The zero-order valence-electron chi connectivity index (χ0n) is 30.3. The van der Waals surface area contributed by atoms with E-state index in [2.05, 4.69) is 74.4 Å². The highest BCUT2D eigenvalue weighted by atomic mass is 16.8. The third-order valence-corrected chi connectivity index (χ3v) is 9.65. The van der Waals surface area contributed by atoms with Crippen LogP contribution in [0, 0.1) is 0 Å². The van der Waals surface area contributed by atoms with E-state index in [1.807, 2.05) is 0 Å². The Kier molecular flexibility index (Phi) is 24.8. The van der Waals surface area contributed by atoms with E-state index < -0.39 is 0 Å². The van der Waals surface area contributed by atoms with Crippen molar-refractivity contribution in [2.24, 2.45) is 0 Å². The number of nitrogens with zero attached hydrogens (tertiary/aromatic N) is 1. The summed E-state index contributed by atoms with van der Waals surface area (Å²) >= 11 is 0. The summed E-state index contributed by atoms with van der Waals surface area (Å²) in [6, 6.07) is 0. The molecule has 2 aliphatic heterocycles. The lowest BCUT2D eigenvalue weighted by Gasteiger charge is -2.30. The van der Waals surface area contributed by atoms with Gasteiger partial charge in [-0.05, 0) is 84.1 Å². The fraction of sp³-hybridized carbons (Fsp3) is 0.810. The normalized spacial score (nSPS) is 20.2. The summed E-state index contributed by atoms with van der Waals surface area (Å²) in [6.45, 7) is 6.59. The highest BCUT2D eigenvalue weighted by molar-refractivity contribution is 4.95. The van der Waals surface area contributed by atoms with Crippen LogP contribution in [0.5, 0.6) is 0 Å². The number of likely N-dealkylation sites (tertiary alicyclic amines) is 1. The van der Waals surface area contributed by atoms with Gasteiger partial charge in [-0.3, -0.25) is 0 Å². The van der Waals surface area contributed by atoms with E-state index in [1.54, 1.807) is 0 Å². The van der Waals surface area contributed by atoms with Crippen LogP contribution in [0.3, 0.4) is 0 Å². The van der Waals surface area contributed by atoms with Crippen LogP contribution >= 0.6 is 0 Å². The molecule has 2 aliphatic rings. The second-order valence-electron chi connectivity index (χ2n) is 14.1. The molecular formula is C42H75NO2. The molecule has 0 N–H and O–H groups in total. The second kappa shape index (κ2) is 27.9. The number of fused-ring (bicyclic) bond motifs is 1. The van der Waals surface area contributed by atoms with E-state index in [4.69, 9.17) is 9.47 Å². The SMILES string of the molecule is CCCCC/C=C\C/C=C\CCCCCCCCC1(CCCCCCCC/C=C\C/C=C\CCCCC)O[C@@H]2CN(C)C[C@H]2O1. The van der Waals surface area contributed by atoms with Crippen LogP contribution in [0.2, 0.25) is 0 Å². The van der Waals surface area contributed by atoms with E-state index in [0.717, 1.165) is 38.8 Å². The Morgan fingerprint density at radius 1 is 0.467 bits per heavy atom. The van der Waals surface area contributed by atoms with Gasteiger partial charge in [0.25, 0.3) is 0 Å². The zero-order chi connectivity index (χ0) is 32.1. The topological polar surface area (TPSA) is 21.7 Å². The van der Waals surface area contributed by atoms with Gasteiger partial charge in [-0.1, -0.05) is 140 Å². The van der Waals surface area contributed by atoms with Crippen molar-refractivity contribution < 1.29 is 9.47 Å². The predicted octanol–water partition coefficient (Wildman–Crippen LogP) is 12.8. The molecule has 0 aromatic carbocycles. The molecule has 3 nitrogen and oxygen atoms in total. The highest BCUT2D eigenvalue weighted by Crippen LogP contribution is 2.40. The first-order valence-corrected chi connectivity index (χ1v) is 19.8. The fourth-order valence-electron chi connectivity index (χ4n) is 6.86. The lowest BCUT2D eigenvalue weighted by Crippen LogP contribution is -2.34. The summed E-state index contributed by atoms with van der Waals surface area (Å²) in [7, 11) is 2.19. The molecule has 0 aromatic rings. The first kappa shape index (κ1) is 40.0. The Hall–Kier alpha value is -1.16. The quantitative estimate of drug-likeness (QED) is 0.0585. The van der Waals surface area contributed by atoms with Crippen molar-refractivity contribution in [2.75, 3.05) is 20.1 Å². The molecule has 3 heteroatoms. The van der Waals surface area contributed by atoms with Crippen molar-refractivity contribution in [3.8, 4) is 0 Å². The van der Waals surface area contributed by atoms with E-state index >= 15 is 0 Å². The molecule has 0 radical (unpaired) electrons. The van der Waals surface area contributed by atoms with Crippen LogP contribution in [-0.2, 0) is 9.47 Å². The summed E-state index contributed by atoms with van der Waals surface area (Å²) in [5.74, 6) is -0.304. The Bertz CT molecular complexity index is 720. The number of allylic oxidation sites excluding steroid dienone is 8. The van der Waals surface area contributed by atoms with E-state index in [-0.39, 0.29) is 18.0 Å². The molecule has 2 heterocycles. The maximum atomic E-state index is 6.70. The molecule has 2 rings (SSSR count). The summed E-state index contributed by atoms with van der Waals surface area (Å²) in [5.41, 5.74) is 0. The molecule has 0 unspecified atom stereocenters. The van der Waals surface area contributed by atoms with Crippen LogP contribution in [0.1, 0.15) is 181 Å². The van der Waals surface area contributed by atoms with Crippen molar-refractivity contribution in [3.05, 3.63) is 48.6 Å². The maximum Gasteiger partial charge on any atom is 0.169 e. The number of rotatable bonds is 30. The molecule has 2 atom stereocenters. The molecular weight excluding hydrogens is 550 g/mol. The van der Waals surface area contributed by atoms with Crippen molar-refractivity contribution in [1.82, 2.24) is 4.90 Å². The van der Waals surface area contributed by atoms with Crippen molar-refractivity contribution >= 4 is 0 Å². The summed E-state index contributed by atoms with van der Waals surface area (Å²) in [4.78, 5) is 2.36. The van der Waals surface area contributed by atoms with Gasteiger partial charge < -0.3 is 14.4 Å². The average Bonchev–Trinajstić information content (AvgIpc) is 3.54. The van der Waals surface area contributed by atoms with Gasteiger partial charge in [-0.25, -0.2) is 0 Å². The number of hydrogen-bond donors (Lipinski definition) is 0. The Labute approximate surface area is 281 Å². The number of likely N-dealkylation sites (N-methyl/N-ethyl adjacent to an activating group) is 1. The number of hydrogen-bond acceptors (Lipinski definition) is 3. The summed E-state index contributed by atoms with van der Waals surface area (Å²) < 4.78 is 13.4. The second-order valence-corrected chi connectivity index (χ2v) is 14.1. The lowest BCUT2D eigenvalue weighted by molar-refractivity contribution is -0.193. The molecule has 2 fully saturated rings. The molecule has 2 saturated heterocycles. The van der Waals surface area contributed by atoms with Gasteiger partial charge in [0.05, 0.1) is 0 Å². The van der Waals surface area contributed by atoms with Crippen LogP contribution in [0.15, 0.2) is 48.6 Å². The summed E-state index contributed by atoms with van der Waals surface area (Å²) in [6.07, 6.45) is 52.7. The van der Waals surface area contributed by atoms with Crippen LogP contribution in [0.25, 0.3) is 0 Å². The number of ether oxygens (including phenoxy) is 2. The van der Waals surface area contributed by atoms with Gasteiger partial charge in [-0.15, -0.1) is 0 Å². The van der Waals surface area contributed by atoms with Gasteiger partial charge in [-0.2, -0.15) is 0 Å². The monoisotopic (exact) mass is 626 g/mol. The zero-order valence-corrected chi connectivity index (χ0v) is 30.3. The van der Waals surface area contributed by atoms with Crippen LogP contribution < -0.4 is 0 Å². The molecule has 0 bridgehead atoms. The van der Waals surface area contributed by atoms with Gasteiger partial charge in [0.2, 0.25) is 0 Å². The van der Waals surface area contributed by atoms with Crippen molar-refractivity contribution in [3.63, 3.8) is 0 Å². The van der Waals surface area contributed by atoms with Gasteiger partial charge in [0.15, 0.2) is 5.79 Å². The van der Waals surface area contributed by atoms with Gasteiger partial charge in [0.1, 0.15) is 12.2 Å². The predicted molar refractivity (Wildman–Crippen MR) is 198 cm³/mol. The van der Waals surface area contributed by atoms with E-state index in [9.17, 15) is 0 Å². The highest BCUT2D eigenvalue weighted by Gasteiger charge is 2.49. The van der Waals surface area contributed by atoms with E-state index in [0.29, 0.717) is 0 Å². The number of unbranched alkanes of at least 4 members (excludes halogenated alkanes) is 18. The molecule has 0 spiro atoms. The molecule has 0 saturated carbocycles. The molecule has 260 valence electrons. The van der Waals surface area contributed by atoms with Crippen molar-refractivity contribution in [2.45, 2.75) is 199 Å². The Morgan fingerprint density at radius 3 is 1.18 bits per heavy atom. The van der Waals surface area contributed by atoms with Crippen molar-refractivity contribution in [1.29, 1.82) is 0 Å². The maximum absolute atomic E-state index is 6.70.